The van der Waals surface area contributed by atoms with Crippen molar-refractivity contribution < 1.29 is 4.79 Å². The van der Waals surface area contributed by atoms with Crippen LogP contribution in [0.2, 0.25) is 0 Å². The summed E-state index contributed by atoms with van der Waals surface area (Å²) < 4.78 is 0. The number of hydrogen-bond donors (Lipinski definition) is 1. The normalized spacial score (nSPS) is 11.1. The SMILES string of the molecule is C/C=C/CC/C=C/NC(=O)c1ccccc1. The molecule has 1 amide bonds. The van der Waals surface area contributed by atoms with Crippen LogP contribution < -0.4 is 5.32 Å². The van der Waals surface area contributed by atoms with Crippen LogP contribution in [0.5, 0.6) is 0 Å². The van der Waals surface area contributed by atoms with Crippen molar-refractivity contribution in [3.05, 3.63) is 60.3 Å². The number of allylic oxidation sites excluding steroid dienone is 3. The zero-order chi connectivity index (χ0) is 11.6. The van der Waals surface area contributed by atoms with Crippen LogP contribution in [0.4, 0.5) is 0 Å². The molecule has 0 spiro atoms. The first kappa shape index (κ1) is 12.2. The summed E-state index contributed by atoms with van der Waals surface area (Å²) in [5.41, 5.74) is 0.681. The molecule has 0 unspecified atom stereocenters. The molecule has 2 nitrogen and oxygen atoms in total. The molecule has 0 bridgehead atoms. The molecule has 84 valence electrons. The standard InChI is InChI=1S/C14H17NO/c1-2-3-4-5-9-12-15-14(16)13-10-7-6-8-11-13/h2-3,6-12H,4-5H2,1H3,(H,15,16)/b3-2+,12-9+. The van der Waals surface area contributed by atoms with Gasteiger partial charge in [-0.1, -0.05) is 36.4 Å². The molecular weight excluding hydrogens is 198 g/mol. The van der Waals surface area contributed by atoms with Gasteiger partial charge in [0.1, 0.15) is 0 Å². The van der Waals surface area contributed by atoms with Crippen molar-refractivity contribution in [1.82, 2.24) is 5.32 Å². The second-order valence-corrected chi connectivity index (χ2v) is 3.39. The Bertz CT molecular complexity index is 366. The largest absolute Gasteiger partial charge is 0.329 e. The number of carbonyl (C=O) groups excluding carboxylic acids is 1. The molecule has 0 saturated carbocycles. The third-order valence-corrected chi connectivity index (χ3v) is 2.10. The Morgan fingerprint density at radius 1 is 1.19 bits per heavy atom. The second-order valence-electron chi connectivity index (χ2n) is 3.39. The first-order valence-corrected chi connectivity index (χ1v) is 5.46. The summed E-state index contributed by atoms with van der Waals surface area (Å²) in [5.74, 6) is -0.0668. The number of nitrogens with one attached hydrogen (secondary N) is 1. The van der Waals surface area contributed by atoms with E-state index in [1.807, 2.05) is 37.3 Å². The molecule has 0 fully saturated rings. The quantitative estimate of drug-likeness (QED) is 0.592. The van der Waals surface area contributed by atoms with E-state index in [9.17, 15) is 4.79 Å². The zero-order valence-corrected chi connectivity index (χ0v) is 9.52. The summed E-state index contributed by atoms with van der Waals surface area (Å²) in [4.78, 5) is 11.6. The van der Waals surface area contributed by atoms with Gasteiger partial charge in [-0.2, -0.15) is 0 Å². The average molecular weight is 215 g/mol. The molecule has 2 heteroatoms. The first-order chi connectivity index (χ1) is 7.84. The summed E-state index contributed by atoms with van der Waals surface area (Å²) in [7, 11) is 0. The maximum atomic E-state index is 11.6. The highest BCUT2D eigenvalue weighted by Gasteiger charge is 1.99. The van der Waals surface area contributed by atoms with Crippen LogP contribution in [0.15, 0.2) is 54.8 Å². The van der Waals surface area contributed by atoms with Crippen LogP contribution in [0, 0.1) is 0 Å². The molecule has 0 radical (unpaired) electrons. The molecule has 0 aliphatic heterocycles. The van der Waals surface area contributed by atoms with Crippen LogP contribution in [-0.2, 0) is 0 Å². The first-order valence-electron chi connectivity index (χ1n) is 5.46. The van der Waals surface area contributed by atoms with Gasteiger partial charge in [0.25, 0.3) is 5.91 Å². The molecule has 0 aliphatic carbocycles. The number of unbranched alkanes of at least 4 members (excludes halogenated alkanes) is 1. The number of amides is 1. The summed E-state index contributed by atoms with van der Waals surface area (Å²) in [6.07, 6.45) is 9.74. The number of carbonyl (C=O) groups is 1. The van der Waals surface area contributed by atoms with Gasteiger partial charge in [0.15, 0.2) is 0 Å². The molecule has 1 aromatic carbocycles. The van der Waals surface area contributed by atoms with Gasteiger partial charge in [-0.05, 0) is 31.9 Å². The van der Waals surface area contributed by atoms with E-state index in [-0.39, 0.29) is 5.91 Å². The lowest BCUT2D eigenvalue weighted by Gasteiger charge is -1.98. The fourth-order valence-electron chi connectivity index (χ4n) is 1.25. The molecule has 1 aromatic rings. The van der Waals surface area contributed by atoms with Crippen LogP contribution in [0.25, 0.3) is 0 Å². The lowest BCUT2D eigenvalue weighted by molar-refractivity contribution is 0.0970. The van der Waals surface area contributed by atoms with Crippen molar-refractivity contribution in [1.29, 1.82) is 0 Å². The Balaban J connectivity index is 2.30. The highest BCUT2D eigenvalue weighted by molar-refractivity contribution is 5.94. The van der Waals surface area contributed by atoms with Gasteiger partial charge in [0, 0.05) is 11.8 Å². The number of rotatable bonds is 5. The van der Waals surface area contributed by atoms with E-state index in [0.29, 0.717) is 5.56 Å². The Kier molecular flexibility index (Phi) is 5.71. The average Bonchev–Trinajstić information content (AvgIpc) is 2.34. The van der Waals surface area contributed by atoms with Crippen LogP contribution >= 0.6 is 0 Å². The monoisotopic (exact) mass is 215 g/mol. The van der Waals surface area contributed by atoms with E-state index in [4.69, 9.17) is 0 Å². The molecule has 1 N–H and O–H groups in total. The van der Waals surface area contributed by atoms with Crippen molar-refractivity contribution in [2.75, 3.05) is 0 Å². The lowest BCUT2D eigenvalue weighted by atomic mass is 10.2. The number of benzene rings is 1. The smallest absolute Gasteiger partial charge is 0.255 e. The van der Waals surface area contributed by atoms with Crippen LogP contribution in [0.1, 0.15) is 30.1 Å². The van der Waals surface area contributed by atoms with Gasteiger partial charge in [-0.3, -0.25) is 4.79 Å². The van der Waals surface area contributed by atoms with Crippen molar-refractivity contribution in [3.8, 4) is 0 Å². The third-order valence-electron chi connectivity index (χ3n) is 2.10. The summed E-state index contributed by atoms with van der Waals surface area (Å²) in [6, 6.07) is 9.19. The van der Waals surface area contributed by atoms with E-state index in [1.165, 1.54) is 0 Å². The van der Waals surface area contributed by atoms with Crippen LogP contribution in [0.3, 0.4) is 0 Å². The fourth-order valence-corrected chi connectivity index (χ4v) is 1.25. The highest BCUT2D eigenvalue weighted by atomic mass is 16.1. The Labute approximate surface area is 96.7 Å². The van der Waals surface area contributed by atoms with Crippen LogP contribution in [-0.4, -0.2) is 5.91 Å². The molecule has 0 aliphatic rings. The van der Waals surface area contributed by atoms with Gasteiger partial charge >= 0.3 is 0 Å². The van der Waals surface area contributed by atoms with Crippen molar-refractivity contribution in [2.45, 2.75) is 19.8 Å². The highest BCUT2D eigenvalue weighted by Crippen LogP contribution is 1.98. The molecule has 1 rings (SSSR count). The van der Waals surface area contributed by atoms with Crippen molar-refractivity contribution >= 4 is 5.91 Å². The van der Waals surface area contributed by atoms with Crippen molar-refractivity contribution in [3.63, 3.8) is 0 Å². The van der Waals surface area contributed by atoms with Gasteiger partial charge in [-0.25, -0.2) is 0 Å². The van der Waals surface area contributed by atoms with Gasteiger partial charge in [-0.15, -0.1) is 0 Å². The number of hydrogen-bond acceptors (Lipinski definition) is 1. The topological polar surface area (TPSA) is 29.1 Å². The fraction of sp³-hybridized carbons (Fsp3) is 0.214. The minimum atomic E-state index is -0.0668. The molecule has 0 aromatic heterocycles. The molecule has 0 heterocycles. The predicted molar refractivity (Wildman–Crippen MR) is 67.1 cm³/mol. The predicted octanol–water partition coefficient (Wildman–Crippen LogP) is 3.29. The Morgan fingerprint density at radius 2 is 1.88 bits per heavy atom. The van der Waals surface area contributed by atoms with Gasteiger partial charge in [0.2, 0.25) is 0 Å². The van der Waals surface area contributed by atoms with E-state index in [0.717, 1.165) is 12.8 Å². The molecule has 16 heavy (non-hydrogen) atoms. The van der Waals surface area contributed by atoms with Gasteiger partial charge in [0.05, 0.1) is 0 Å². The minimum Gasteiger partial charge on any atom is -0.329 e. The second kappa shape index (κ2) is 7.46. The molecular formula is C14H17NO. The van der Waals surface area contributed by atoms with E-state index >= 15 is 0 Å². The molecule has 0 atom stereocenters. The van der Waals surface area contributed by atoms with E-state index in [1.54, 1.807) is 18.3 Å². The maximum absolute atomic E-state index is 11.6. The Morgan fingerprint density at radius 3 is 2.56 bits per heavy atom. The summed E-state index contributed by atoms with van der Waals surface area (Å²) >= 11 is 0. The van der Waals surface area contributed by atoms with Crippen molar-refractivity contribution in [2.24, 2.45) is 0 Å². The summed E-state index contributed by atoms with van der Waals surface area (Å²) in [5, 5.41) is 2.73. The van der Waals surface area contributed by atoms with E-state index in [2.05, 4.69) is 11.4 Å². The summed E-state index contributed by atoms with van der Waals surface area (Å²) in [6.45, 7) is 2.00. The molecule has 0 saturated heterocycles. The van der Waals surface area contributed by atoms with E-state index < -0.39 is 0 Å². The lowest BCUT2D eigenvalue weighted by Crippen LogP contribution is -2.16. The third kappa shape index (κ3) is 4.60. The minimum absolute atomic E-state index is 0.0668. The Hall–Kier alpha value is -1.83. The zero-order valence-electron chi connectivity index (χ0n) is 9.52. The maximum Gasteiger partial charge on any atom is 0.255 e. The van der Waals surface area contributed by atoms with Gasteiger partial charge < -0.3 is 5.32 Å².